The van der Waals surface area contributed by atoms with Gasteiger partial charge in [0.1, 0.15) is 5.75 Å². The van der Waals surface area contributed by atoms with Crippen molar-refractivity contribution >= 4 is 23.5 Å². The van der Waals surface area contributed by atoms with Crippen LogP contribution in [0.3, 0.4) is 0 Å². The van der Waals surface area contributed by atoms with Crippen LogP contribution in [0.1, 0.15) is 128 Å². The summed E-state index contributed by atoms with van der Waals surface area (Å²) < 4.78 is 6.43. The number of allylic oxidation sites excluding steroid dienone is 1. The van der Waals surface area contributed by atoms with Gasteiger partial charge in [0.15, 0.2) is 0 Å². The number of hydrogen-bond acceptors (Lipinski definition) is 4. The van der Waals surface area contributed by atoms with Crippen molar-refractivity contribution in [3.05, 3.63) is 70.3 Å². The minimum Gasteiger partial charge on any atom is -0.493 e. The second-order valence-corrected chi connectivity index (χ2v) is 14.6. The predicted octanol–water partition coefficient (Wildman–Crippen LogP) is 10.8. The summed E-state index contributed by atoms with van der Waals surface area (Å²) in [7, 11) is 1.69. The Labute approximate surface area is 273 Å². The second kappa shape index (κ2) is 19.0. The van der Waals surface area contributed by atoms with Gasteiger partial charge in [-0.3, -0.25) is 4.90 Å². The molecule has 0 aliphatic carbocycles. The first-order chi connectivity index (χ1) is 21.2. The Bertz CT molecular complexity index is 1160. The van der Waals surface area contributed by atoms with Gasteiger partial charge in [0.2, 0.25) is 0 Å². The van der Waals surface area contributed by atoms with Crippen molar-refractivity contribution in [1.29, 1.82) is 0 Å². The third kappa shape index (κ3) is 12.4. The van der Waals surface area contributed by atoms with E-state index in [0.29, 0.717) is 6.54 Å². The zero-order chi connectivity index (χ0) is 31.8. The molecule has 0 aromatic heterocycles. The summed E-state index contributed by atoms with van der Waals surface area (Å²) in [4.78, 5) is 18.5. The molecule has 0 saturated carbocycles. The average Bonchev–Trinajstić information content (AvgIpc) is 3.42. The number of nitrogens with zero attached hydrogens (tertiary/aromatic N) is 2. The molecule has 1 aliphatic rings. The Morgan fingerprint density at radius 3 is 2.02 bits per heavy atom. The Morgan fingerprint density at radius 2 is 1.48 bits per heavy atom. The van der Waals surface area contributed by atoms with Gasteiger partial charge in [-0.1, -0.05) is 123 Å². The number of nitrogens with one attached hydrogen (secondary N) is 1. The molecule has 0 spiro atoms. The number of rotatable bonds is 19. The second-order valence-electron chi connectivity index (χ2n) is 13.4. The van der Waals surface area contributed by atoms with Crippen LogP contribution in [0.15, 0.2) is 53.6 Å². The minimum absolute atomic E-state index is 0.0255. The maximum atomic E-state index is 13.0. The van der Waals surface area contributed by atoms with Gasteiger partial charge in [-0.15, -0.1) is 11.8 Å². The van der Waals surface area contributed by atoms with E-state index in [0.717, 1.165) is 42.4 Å². The fourth-order valence-corrected chi connectivity index (χ4v) is 6.51. The molecule has 2 aromatic rings. The molecule has 0 atom stereocenters. The summed E-state index contributed by atoms with van der Waals surface area (Å²) in [6, 6.07) is 14.7. The van der Waals surface area contributed by atoms with Gasteiger partial charge < -0.3 is 15.0 Å². The molecule has 0 fully saturated rings. The van der Waals surface area contributed by atoms with Crippen LogP contribution < -0.4 is 15.0 Å². The van der Waals surface area contributed by atoms with Crippen molar-refractivity contribution in [1.82, 2.24) is 10.2 Å². The van der Waals surface area contributed by atoms with Crippen LogP contribution in [0.4, 0.5) is 10.5 Å². The molecule has 1 heterocycles. The number of carbonyl (C=O) groups excluding carboxylic acids is 1. The molecule has 5 nitrogen and oxygen atoms in total. The largest absolute Gasteiger partial charge is 0.493 e. The quantitative estimate of drug-likeness (QED) is 0.159. The third-order valence-corrected chi connectivity index (χ3v) is 9.39. The first-order valence-electron chi connectivity index (χ1n) is 17.1. The molecular formula is C38H59N3O2S. The highest BCUT2D eigenvalue weighted by atomic mass is 32.2. The van der Waals surface area contributed by atoms with Crippen LogP contribution >= 0.6 is 11.8 Å². The summed E-state index contributed by atoms with van der Waals surface area (Å²) >= 11 is 1.87. The maximum absolute atomic E-state index is 13.0. The normalized spacial score (nSPS) is 13.2. The zero-order valence-corrected chi connectivity index (χ0v) is 29.4. The van der Waals surface area contributed by atoms with E-state index >= 15 is 0 Å². The zero-order valence-electron chi connectivity index (χ0n) is 28.6. The van der Waals surface area contributed by atoms with E-state index in [1.54, 1.807) is 11.9 Å². The lowest BCUT2D eigenvalue weighted by molar-refractivity contribution is 0.248. The first-order valence-corrected chi connectivity index (χ1v) is 18.1. The number of benzene rings is 2. The van der Waals surface area contributed by atoms with Crippen LogP contribution in [0.5, 0.6) is 5.75 Å². The molecule has 2 amide bonds. The van der Waals surface area contributed by atoms with Crippen molar-refractivity contribution in [2.45, 2.75) is 130 Å². The van der Waals surface area contributed by atoms with Gasteiger partial charge in [-0.25, -0.2) is 4.79 Å². The lowest BCUT2D eigenvalue weighted by Crippen LogP contribution is -2.37. The molecule has 0 unspecified atom stereocenters. The molecule has 44 heavy (non-hydrogen) atoms. The van der Waals surface area contributed by atoms with E-state index in [2.05, 4.69) is 93.5 Å². The fourth-order valence-electron chi connectivity index (χ4n) is 5.75. The predicted molar refractivity (Wildman–Crippen MR) is 191 cm³/mol. The summed E-state index contributed by atoms with van der Waals surface area (Å²) in [6.45, 7) is 13.2. The average molecular weight is 622 g/mol. The summed E-state index contributed by atoms with van der Waals surface area (Å²) in [5.41, 5.74) is 4.36. The highest BCUT2D eigenvalue weighted by Crippen LogP contribution is 2.33. The van der Waals surface area contributed by atoms with Crippen molar-refractivity contribution in [3.8, 4) is 5.75 Å². The van der Waals surface area contributed by atoms with E-state index in [-0.39, 0.29) is 11.4 Å². The molecule has 1 aliphatic heterocycles. The van der Waals surface area contributed by atoms with Gasteiger partial charge in [0.05, 0.1) is 19.0 Å². The van der Waals surface area contributed by atoms with Crippen LogP contribution in [0, 0.1) is 0 Å². The molecule has 6 heteroatoms. The number of amides is 2. The maximum Gasteiger partial charge on any atom is 0.321 e. The topological polar surface area (TPSA) is 44.8 Å². The minimum atomic E-state index is -0.119. The van der Waals surface area contributed by atoms with Crippen molar-refractivity contribution in [3.63, 3.8) is 0 Å². The standard InChI is InChI=1S/C38H59N3O2S/c1-7-8-9-10-11-12-13-14-15-16-17-18-25-43-36-26-33(21-24-35(36)38(3,4)5)29-41(37(42)39-6)34-22-19-32(20-23-34)28-40-27-31(2)44-30-40/h19-24,26-27H,7-18,25,28-30H2,1-6H3,(H,39,42). The van der Waals surface area contributed by atoms with E-state index in [4.69, 9.17) is 4.74 Å². The van der Waals surface area contributed by atoms with E-state index < -0.39 is 0 Å². The van der Waals surface area contributed by atoms with Crippen molar-refractivity contribution < 1.29 is 9.53 Å². The van der Waals surface area contributed by atoms with E-state index in [1.807, 2.05) is 11.8 Å². The lowest BCUT2D eigenvalue weighted by atomic mass is 9.85. The van der Waals surface area contributed by atoms with Crippen molar-refractivity contribution in [2.75, 3.05) is 24.4 Å². The molecule has 1 N–H and O–H groups in total. The number of anilines is 1. The van der Waals surface area contributed by atoms with E-state index in [9.17, 15) is 4.79 Å². The first kappa shape index (κ1) is 35.9. The van der Waals surface area contributed by atoms with Crippen LogP contribution in [-0.2, 0) is 18.5 Å². The summed E-state index contributed by atoms with van der Waals surface area (Å²) in [5, 5.41) is 2.83. The van der Waals surface area contributed by atoms with E-state index in [1.165, 1.54) is 86.7 Å². The van der Waals surface area contributed by atoms with Gasteiger partial charge in [-0.2, -0.15) is 0 Å². The summed E-state index contributed by atoms with van der Waals surface area (Å²) in [5.74, 6) is 1.93. The SMILES string of the molecule is CCCCCCCCCCCCCCOc1cc(CN(C(=O)NC)c2ccc(CN3C=C(C)SC3)cc2)ccc1C(C)(C)C. The molecule has 0 bridgehead atoms. The smallest absolute Gasteiger partial charge is 0.321 e. The number of ether oxygens (including phenoxy) is 1. The Kier molecular flexibility index (Phi) is 15.5. The number of urea groups is 1. The molecule has 2 aromatic carbocycles. The monoisotopic (exact) mass is 621 g/mol. The lowest BCUT2D eigenvalue weighted by Gasteiger charge is -2.26. The van der Waals surface area contributed by atoms with Gasteiger partial charge >= 0.3 is 6.03 Å². The highest BCUT2D eigenvalue weighted by molar-refractivity contribution is 8.03. The van der Waals surface area contributed by atoms with Crippen LogP contribution in [0.2, 0.25) is 0 Å². The van der Waals surface area contributed by atoms with Gasteiger partial charge in [-0.05, 0) is 58.6 Å². The Balaban J connectivity index is 1.53. The third-order valence-electron chi connectivity index (χ3n) is 8.37. The number of carbonyl (C=O) groups is 1. The Hall–Kier alpha value is -2.60. The number of unbranched alkanes of at least 4 members (excludes halogenated alkanes) is 11. The molecular weight excluding hydrogens is 563 g/mol. The Morgan fingerprint density at radius 1 is 0.886 bits per heavy atom. The van der Waals surface area contributed by atoms with Crippen molar-refractivity contribution in [2.24, 2.45) is 0 Å². The number of hydrogen-bond donors (Lipinski definition) is 1. The van der Waals surface area contributed by atoms with Crippen LogP contribution in [0.25, 0.3) is 0 Å². The molecule has 3 rings (SSSR count). The molecule has 0 saturated heterocycles. The van der Waals surface area contributed by atoms with Gasteiger partial charge in [0, 0.05) is 25.5 Å². The molecule has 244 valence electrons. The fraction of sp³-hybridized carbons (Fsp3) is 0.605. The number of thioether (sulfide) groups is 1. The molecule has 0 radical (unpaired) electrons. The highest BCUT2D eigenvalue weighted by Gasteiger charge is 2.21. The van der Waals surface area contributed by atoms with Gasteiger partial charge in [0.25, 0.3) is 0 Å². The summed E-state index contributed by atoms with van der Waals surface area (Å²) in [6.07, 6.45) is 18.2. The van der Waals surface area contributed by atoms with Crippen LogP contribution in [-0.4, -0.2) is 30.5 Å².